The molecule has 5 nitrogen and oxygen atoms in total. The lowest BCUT2D eigenvalue weighted by molar-refractivity contribution is -0.222. The summed E-state index contributed by atoms with van der Waals surface area (Å²) >= 11 is 0. The van der Waals surface area contributed by atoms with Crippen molar-refractivity contribution in [2.45, 2.75) is 117 Å². The maximum Gasteiger partial charge on any atom is 0.137 e. The molecule has 4 rings (SSSR count). The van der Waals surface area contributed by atoms with Crippen molar-refractivity contribution in [3.05, 3.63) is 0 Å². The molecular weight excluding hydrogens is 428 g/mol. The van der Waals surface area contributed by atoms with E-state index in [1.54, 1.807) is 0 Å². The van der Waals surface area contributed by atoms with Crippen LogP contribution in [0.4, 0.5) is 0 Å². The van der Waals surface area contributed by atoms with Crippen molar-refractivity contribution in [1.29, 1.82) is 0 Å². The standard InChI is InChI=1S/C29H50O5/c1-15(2)19(17(4)30)8-7-16(3)21-14-23(32)25-24-20(10-12-29(21,25)6)28(5)11-9-18(31)13-22(28)26(33)27(24)34/h15-22,24-27,30-31,33-34H,7-14H2,1-6H3/t16-,17-,18+,19+,20+,21-,22-,24-,25-,26-,27-,28-,29-/m1/s1. The van der Waals surface area contributed by atoms with Crippen LogP contribution in [0.25, 0.3) is 0 Å². The molecule has 34 heavy (non-hydrogen) atoms. The molecule has 0 aromatic rings. The van der Waals surface area contributed by atoms with Crippen LogP contribution in [-0.2, 0) is 4.79 Å². The van der Waals surface area contributed by atoms with Gasteiger partial charge in [0.15, 0.2) is 0 Å². The summed E-state index contributed by atoms with van der Waals surface area (Å²) in [5.74, 6) is 1.41. The van der Waals surface area contributed by atoms with Gasteiger partial charge in [-0.1, -0.05) is 41.0 Å². The monoisotopic (exact) mass is 478 g/mol. The van der Waals surface area contributed by atoms with Gasteiger partial charge in [0.05, 0.1) is 24.4 Å². The van der Waals surface area contributed by atoms with Crippen LogP contribution in [0.2, 0.25) is 0 Å². The second kappa shape index (κ2) is 9.43. The van der Waals surface area contributed by atoms with Gasteiger partial charge in [-0.15, -0.1) is 0 Å². The second-order valence-corrected chi connectivity index (χ2v) is 13.7. The Balaban J connectivity index is 1.57. The van der Waals surface area contributed by atoms with Crippen LogP contribution >= 0.6 is 0 Å². The van der Waals surface area contributed by atoms with E-state index in [0.717, 1.165) is 38.5 Å². The number of carbonyl (C=O) groups excluding carboxylic acids is 1. The summed E-state index contributed by atoms with van der Waals surface area (Å²) in [4.78, 5) is 13.6. The molecule has 4 fully saturated rings. The SMILES string of the molecule is CC(C)[C@H](CC[C@@H](C)[C@H]1CC(=O)[C@@H]2[C@@H]3[C@@H](O)[C@H](O)[C@H]4C[C@@H](O)CC[C@]4(C)[C@H]3CC[C@]12C)[C@@H](C)O. The smallest absolute Gasteiger partial charge is 0.137 e. The van der Waals surface area contributed by atoms with Crippen molar-refractivity contribution in [2.75, 3.05) is 0 Å². The first-order valence-corrected chi connectivity index (χ1v) is 14.1. The fourth-order valence-corrected chi connectivity index (χ4v) is 9.70. The third-order valence-electron chi connectivity index (χ3n) is 11.7. The highest BCUT2D eigenvalue weighted by Gasteiger charge is 2.67. The van der Waals surface area contributed by atoms with Gasteiger partial charge in [-0.25, -0.2) is 0 Å². The van der Waals surface area contributed by atoms with Crippen LogP contribution in [0.5, 0.6) is 0 Å². The van der Waals surface area contributed by atoms with Crippen LogP contribution in [0.15, 0.2) is 0 Å². The highest BCUT2D eigenvalue weighted by molar-refractivity contribution is 5.85. The highest BCUT2D eigenvalue weighted by atomic mass is 16.3. The Morgan fingerprint density at radius 3 is 2.18 bits per heavy atom. The molecule has 0 unspecified atom stereocenters. The second-order valence-electron chi connectivity index (χ2n) is 13.7. The molecule has 0 spiro atoms. The number of aliphatic hydroxyl groups is 4. The highest BCUT2D eigenvalue weighted by Crippen LogP contribution is 2.67. The molecule has 5 heteroatoms. The van der Waals surface area contributed by atoms with E-state index < -0.39 is 18.3 Å². The lowest BCUT2D eigenvalue weighted by Crippen LogP contribution is -2.64. The maximum atomic E-state index is 13.6. The number of ketones is 1. The molecule has 0 aliphatic heterocycles. The summed E-state index contributed by atoms with van der Waals surface area (Å²) in [5, 5.41) is 43.1. The zero-order chi connectivity index (χ0) is 25.2. The van der Waals surface area contributed by atoms with Crippen molar-refractivity contribution in [3.8, 4) is 0 Å². The Labute approximate surface area is 206 Å². The van der Waals surface area contributed by atoms with E-state index in [1.165, 1.54) is 0 Å². The number of rotatable bonds is 6. The topological polar surface area (TPSA) is 98.0 Å². The van der Waals surface area contributed by atoms with Crippen molar-refractivity contribution < 1.29 is 25.2 Å². The quantitative estimate of drug-likeness (QED) is 0.459. The average Bonchev–Trinajstić information content (AvgIpc) is 3.03. The summed E-state index contributed by atoms with van der Waals surface area (Å²) in [6.07, 6.45) is 4.21. The first-order chi connectivity index (χ1) is 15.8. The van der Waals surface area contributed by atoms with E-state index in [-0.39, 0.29) is 58.2 Å². The molecule has 0 aromatic heterocycles. The van der Waals surface area contributed by atoms with E-state index in [2.05, 4.69) is 34.6 Å². The van der Waals surface area contributed by atoms with E-state index >= 15 is 0 Å². The minimum absolute atomic E-state index is 0.100. The minimum atomic E-state index is -0.892. The molecule has 0 aromatic carbocycles. The van der Waals surface area contributed by atoms with E-state index in [4.69, 9.17) is 0 Å². The van der Waals surface area contributed by atoms with Gasteiger partial charge in [0.1, 0.15) is 5.78 Å². The van der Waals surface area contributed by atoms with Gasteiger partial charge in [0, 0.05) is 18.3 Å². The molecule has 4 aliphatic rings. The Kier molecular flexibility index (Phi) is 7.37. The van der Waals surface area contributed by atoms with Gasteiger partial charge in [-0.3, -0.25) is 4.79 Å². The largest absolute Gasteiger partial charge is 0.393 e. The van der Waals surface area contributed by atoms with Gasteiger partial charge in [0.2, 0.25) is 0 Å². The summed E-state index contributed by atoms with van der Waals surface area (Å²) in [7, 11) is 0. The lowest BCUT2D eigenvalue weighted by Gasteiger charge is -2.63. The third kappa shape index (κ3) is 4.11. The van der Waals surface area contributed by atoms with Crippen molar-refractivity contribution in [3.63, 3.8) is 0 Å². The predicted octanol–water partition coefficient (Wildman–Crippen LogP) is 4.20. The van der Waals surface area contributed by atoms with Crippen LogP contribution < -0.4 is 0 Å². The first-order valence-electron chi connectivity index (χ1n) is 14.1. The lowest BCUT2D eigenvalue weighted by atomic mass is 9.43. The molecule has 0 amide bonds. The molecule has 13 atom stereocenters. The van der Waals surface area contributed by atoms with Gasteiger partial charge in [-0.2, -0.15) is 0 Å². The fourth-order valence-electron chi connectivity index (χ4n) is 9.70. The van der Waals surface area contributed by atoms with E-state index in [9.17, 15) is 25.2 Å². The molecule has 0 radical (unpaired) electrons. The van der Waals surface area contributed by atoms with Crippen LogP contribution in [0, 0.1) is 58.2 Å². The normalized spacial score (nSPS) is 49.2. The number of aliphatic hydroxyl groups excluding tert-OH is 4. The zero-order valence-electron chi connectivity index (χ0n) is 22.3. The summed E-state index contributed by atoms with van der Waals surface area (Å²) in [6, 6.07) is 0. The first kappa shape index (κ1) is 26.6. The Morgan fingerprint density at radius 2 is 1.56 bits per heavy atom. The van der Waals surface area contributed by atoms with Crippen molar-refractivity contribution >= 4 is 5.78 Å². The summed E-state index contributed by atoms with van der Waals surface area (Å²) in [5.41, 5.74) is -0.274. The Bertz CT molecular complexity index is 743. The molecule has 4 saturated carbocycles. The van der Waals surface area contributed by atoms with Gasteiger partial charge < -0.3 is 20.4 Å². The maximum absolute atomic E-state index is 13.6. The zero-order valence-corrected chi connectivity index (χ0v) is 22.3. The van der Waals surface area contributed by atoms with Crippen molar-refractivity contribution in [1.82, 2.24) is 0 Å². The van der Waals surface area contributed by atoms with Crippen LogP contribution in [-0.4, -0.2) is 50.6 Å². The average molecular weight is 479 g/mol. The molecule has 4 aliphatic carbocycles. The molecule has 0 heterocycles. The van der Waals surface area contributed by atoms with Gasteiger partial charge in [-0.05, 0) is 91.8 Å². The van der Waals surface area contributed by atoms with E-state index in [0.29, 0.717) is 24.7 Å². The number of Topliss-reactive ketones (excluding diaryl/α,β-unsaturated/α-hetero) is 1. The number of carbonyl (C=O) groups is 1. The Hall–Kier alpha value is -0.490. The molecule has 4 N–H and O–H groups in total. The van der Waals surface area contributed by atoms with E-state index in [1.807, 2.05) is 6.92 Å². The molecule has 0 bridgehead atoms. The van der Waals surface area contributed by atoms with Gasteiger partial charge in [0.25, 0.3) is 0 Å². The predicted molar refractivity (Wildman–Crippen MR) is 133 cm³/mol. The van der Waals surface area contributed by atoms with Gasteiger partial charge >= 0.3 is 0 Å². The minimum Gasteiger partial charge on any atom is -0.393 e. The number of fused-ring (bicyclic) bond motifs is 5. The molecule has 196 valence electrons. The number of hydrogen-bond donors (Lipinski definition) is 4. The Morgan fingerprint density at radius 1 is 0.912 bits per heavy atom. The fraction of sp³-hybridized carbons (Fsp3) is 0.966. The molecular formula is C29H50O5. The van der Waals surface area contributed by atoms with Crippen LogP contribution in [0.1, 0.15) is 92.9 Å². The third-order valence-corrected chi connectivity index (χ3v) is 11.7. The van der Waals surface area contributed by atoms with Crippen LogP contribution in [0.3, 0.4) is 0 Å². The summed E-state index contributed by atoms with van der Waals surface area (Å²) < 4.78 is 0. The summed E-state index contributed by atoms with van der Waals surface area (Å²) in [6.45, 7) is 13.1. The number of hydrogen-bond acceptors (Lipinski definition) is 5. The van der Waals surface area contributed by atoms with Crippen molar-refractivity contribution in [2.24, 2.45) is 58.2 Å². The molecule has 0 saturated heterocycles.